The molecule has 0 aliphatic rings. The number of hydrogen-bond donors (Lipinski definition) is 1. The molecule has 5 aromatic rings. The normalized spacial score (nSPS) is 11.9. The smallest absolute Gasteiger partial charge is 0.248 e. The van der Waals surface area contributed by atoms with Crippen LogP contribution in [0.4, 0.5) is 0 Å². The minimum absolute atomic E-state index is 0.174. The Morgan fingerprint density at radius 3 is 2.31 bits per heavy atom. The van der Waals surface area contributed by atoms with Gasteiger partial charge in [0, 0.05) is 22.6 Å². The average Bonchev–Trinajstić information content (AvgIpc) is 3.43. The van der Waals surface area contributed by atoms with Gasteiger partial charge in [-0.2, -0.15) is 0 Å². The first-order chi connectivity index (χ1) is 16.7. The Bertz CT molecular complexity index is 1630. The maximum atomic E-state index is 12.4. The summed E-state index contributed by atoms with van der Waals surface area (Å²) in [7, 11) is -3.86. The summed E-state index contributed by atoms with van der Waals surface area (Å²) in [4.78, 5) is 10.4. The van der Waals surface area contributed by atoms with Crippen LogP contribution in [0.25, 0.3) is 32.7 Å². The van der Waals surface area contributed by atoms with E-state index in [0.29, 0.717) is 12.1 Å². The van der Waals surface area contributed by atoms with Gasteiger partial charge in [0.15, 0.2) is 5.65 Å². The minimum Gasteiger partial charge on any atom is -0.308 e. The van der Waals surface area contributed by atoms with Crippen molar-refractivity contribution in [1.82, 2.24) is 14.5 Å². The zero-order valence-electron chi connectivity index (χ0n) is 19.8. The van der Waals surface area contributed by atoms with Crippen LogP contribution in [0.2, 0.25) is 0 Å². The molecular weight excluding hydrogens is 476 g/mol. The quantitative estimate of drug-likeness (QED) is 0.322. The molecule has 0 aliphatic heterocycles. The number of pyridine rings is 1. The Kier molecular flexibility index (Phi) is 6.04. The van der Waals surface area contributed by atoms with Crippen molar-refractivity contribution in [3.8, 4) is 21.6 Å². The molecule has 178 valence electrons. The lowest BCUT2D eigenvalue weighted by Crippen LogP contribution is -2.11. The topological polar surface area (TPSA) is 90.9 Å². The van der Waals surface area contributed by atoms with Gasteiger partial charge in [0.05, 0.1) is 6.54 Å². The summed E-state index contributed by atoms with van der Waals surface area (Å²) in [5.74, 6) is 0.993. The third-order valence-electron chi connectivity index (χ3n) is 6.04. The van der Waals surface area contributed by atoms with Crippen molar-refractivity contribution >= 4 is 32.5 Å². The van der Waals surface area contributed by atoms with Gasteiger partial charge in [-0.05, 0) is 48.2 Å². The van der Waals surface area contributed by atoms with Crippen LogP contribution in [0.3, 0.4) is 0 Å². The first kappa shape index (κ1) is 23.4. The summed E-state index contributed by atoms with van der Waals surface area (Å²) in [6.45, 7) is 6.80. The number of aromatic nitrogens is 3. The highest BCUT2D eigenvalue weighted by Gasteiger charge is 2.21. The fraction of sp³-hybridized carbons (Fsp3) is 0.185. The molecular formula is C27H26N4O2S2. The SMILES string of the molecule is CCc1nc2c(C)cc(C)nc2n1Cc1ccc(-c2cc(-c3ccccc3)sc2S(N)(=O)=O)cc1. The van der Waals surface area contributed by atoms with Gasteiger partial charge in [-0.15, -0.1) is 11.3 Å². The molecule has 6 nitrogen and oxygen atoms in total. The molecule has 3 heterocycles. The molecule has 2 aromatic carbocycles. The summed E-state index contributed by atoms with van der Waals surface area (Å²) >= 11 is 1.20. The van der Waals surface area contributed by atoms with Crippen molar-refractivity contribution in [3.63, 3.8) is 0 Å². The monoisotopic (exact) mass is 502 g/mol. The number of fused-ring (bicyclic) bond motifs is 1. The van der Waals surface area contributed by atoms with Crippen LogP contribution in [0.1, 0.15) is 29.6 Å². The number of benzene rings is 2. The molecule has 0 saturated heterocycles. The molecule has 0 unspecified atom stereocenters. The van der Waals surface area contributed by atoms with E-state index in [1.54, 1.807) is 0 Å². The molecule has 8 heteroatoms. The van der Waals surface area contributed by atoms with Crippen molar-refractivity contribution in [2.45, 2.75) is 37.9 Å². The standard InChI is InChI=1S/C27H26N4O2S2/c1-4-24-30-25-17(2)14-18(3)29-26(25)31(24)16-19-10-12-20(13-11-19)22-15-23(21-8-6-5-7-9-21)34-27(22)35(28,32)33/h5-15H,4,16H2,1-3H3,(H2,28,32,33). The van der Waals surface area contributed by atoms with Crippen LogP contribution in [0.15, 0.2) is 70.9 Å². The van der Waals surface area contributed by atoms with Crippen molar-refractivity contribution in [3.05, 3.63) is 89.4 Å². The second-order valence-electron chi connectivity index (χ2n) is 8.64. The molecule has 0 radical (unpaired) electrons. The van der Waals surface area contributed by atoms with E-state index >= 15 is 0 Å². The maximum Gasteiger partial charge on any atom is 0.248 e. The van der Waals surface area contributed by atoms with Gasteiger partial charge >= 0.3 is 0 Å². The number of sulfonamides is 1. The highest BCUT2D eigenvalue weighted by atomic mass is 32.2. The van der Waals surface area contributed by atoms with Gasteiger partial charge in [0.2, 0.25) is 10.0 Å². The number of imidazole rings is 1. The van der Waals surface area contributed by atoms with Crippen LogP contribution in [-0.2, 0) is 23.0 Å². The summed E-state index contributed by atoms with van der Waals surface area (Å²) in [5.41, 5.74) is 7.40. The summed E-state index contributed by atoms with van der Waals surface area (Å²) in [6.07, 6.45) is 0.807. The van der Waals surface area contributed by atoms with Crippen LogP contribution >= 0.6 is 11.3 Å². The fourth-order valence-electron chi connectivity index (χ4n) is 4.39. The Morgan fingerprint density at radius 1 is 0.943 bits per heavy atom. The predicted molar refractivity (Wildman–Crippen MR) is 142 cm³/mol. The third-order valence-corrected chi connectivity index (χ3v) is 8.70. The lowest BCUT2D eigenvalue weighted by Gasteiger charge is -2.10. The Morgan fingerprint density at radius 2 is 1.66 bits per heavy atom. The lowest BCUT2D eigenvalue weighted by atomic mass is 10.1. The molecule has 0 amide bonds. The first-order valence-electron chi connectivity index (χ1n) is 11.4. The van der Waals surface area contributed by atoms with Crippen molar-refractivity contribution in [1.29, 1.82) is 0 Å². The Hall–Kier alpha value is -3.33. The minimum atomic E-state index is -3.86. The molecule has 0 spiro atoms. The molecule has 35 heavy (non-hydrogen) atoms. The highest BCUT2D eigenvalue weighted by Crippen LogP contribution is 2.39. The van der Waals surface area contributed by atoms with E-state index in [4.69, 9.17) is 15.1 Å². The number of rotatable bonds is 6. The predicted octanol–water partition coefficient (Wildman–Crippen LogP) is 5.70. The molecule has 0 fully saturated rings. The molecule has 3 aromatic heterocycles. The largest absolute Gasteiger partial charge is 0.308 e. The van der Waals surface area contributed by atoms with Gasteiger partial charge in [0.25, 0.3) is 0 Å². The first-order valence-corrected chi connectivity index (χ1v) is 13.8. The summed E-state index contributed by atoms with van der Waals surface area (Å²) in [5, 5.41) is 5.58. The van der Waals surface area contributed by atoms with E-state index in [1.165, 1.54) is 11.3 Å². The van der Waals surface area contributed by atoms with E-state index in [2.05, 4.69) is 24.5 Å². The Labute approximate surface area is 209 Å². The fourth-order valence-corrected chi connectivity index (χ4v) is 6.52. The van der Waals surface area contributed by atoms with Crippen LogP contribution in [0, 0.1) is 13.8 Å². The molecule has 0 aliphatic carbocycles. The number of nitrogens with two attached hydrogens (primary N) is 1. The van der Waals surface area contributed by atoms with Crippen molar-refractivity contribution in [2.24, 2.45) is 5.14 Å². The summed E-state index contributed by atoms with van der Waals surface area (Å²) < 4.78 is 27.1. The second kappa shape index (κ2) is 9.03. The number of aryl methyl sites for hydroxylation is 3. The zero-order chi connectivity index (χ0) is 24.7. The van der Waals surface area contributed by atoms with Gasteiger partial charge in [-0.3, -0.25) is 0 Å². The van der Waals surface area contributed by atoms with Crippen LogP contribution < -0.4 is 5.14 Å². The molecule has 0 bridgehead atoms. The van der Waals surface area contributed by atoms with Gasteiger partial charge in [-0.1, -0.05) is 61.5 Å². The number of hydrogen-bond acceptors (Lipinski definition) is 5. The van der Waals surface area contributed by atoms with E-state index in [1.807, 2.05) is 67.6 Å². The lowest BCUT2D eigenvalue weighted by molar-refractivity contribution is 0.600. The maximum absolute atomic E-state index is 12.4. The van der Waals surface area contributed by atoms with Gasteiger partial charge in [0.1, 0.15) is 15.6 Å². The molecule has 0 atom stereocenters. The number of thiophene rings is 1. The second-order valence-corrected chi connectivity index (χ2v) is 11.4. The van der Waals surface area contributed by atoms with Crippen LogP contribution in [-0.4, -0.2) is 23.0 Å². The Balaban J connectivity index is 1.53. The van der Waals surface area contributed by atoms with Crippen molar-refractivity contribution < 1.29 is 8.42 Å². The van der Waals surface area contributed by atoms with E-state index < -0.39 is 10.0 Å². The average molecular weight is 503 g/mol. The number of primary sulfonamides is 1. The molecule has 0 saturated carbocycles. The third kappa shape index (κ3) is 4.52. The van der Waals surface area contributed by atoms with Crippen molar-refractivity contribution in [2.75, 3.05) is 0 Å². The van der Waals surface area contributed by atoms with Gasteiger partial charge in [-0.25, -0.2) is 23.5 Å². The highest BCUT2D eigenvalue weighted by molar-refractivity contribution is 7.91. The van der Waals surface area contributed by atoms with E-state index in [9.17, 15) is 8.42 Å². The summed E-state index contributed by atoms with van der Waals surface area (Å²) in [6, 6.07) is 21.6. The molecule has 5 rings (SSSR count). The van der Waals surface area contributed by atoms with Gasteiger partial charge < -0.3 is 4.57 Å². The van der Waals surface area contributed by atoms with Crippen LogP contribution in [0.5, 0.6) is 0 Å². The molecule has 2 N–H and O–H groups in total. The zero-order valence-corrected chi connectivity index (χ0v) is 21.5. The van der Waals surface area contributed by atoms with E-state index in [0.717, 1.165) is 56.2 Å². The number of nitrogens with zero attached hydrogens (tertiary/aromatic N) is 3. The van der Waals surface area contributed by atoms with E-state index in [-0.39, 0.29) is 4.21 Å².